The van der Waals surface area contributed by atoms with Crippen LogP contribution in [0.5, 0.6) is 0 Å². The van der Waals surface area contributed by atoms with E-state index in [0.717, 1.165) is 0 Å². The van der Waals surface area contributed by atoms with Crippen LogP contribution in [-0.4, -0.2) is 0 Å². The van der Waals surface area contributed by atoms with Gasteiger partial charge in [0.05, 0.1) is 0 Å². The molecule has 0 aliphatic heterocycles. The molecule has 0 bridgehead atoms. The van der Waals surface area contributed by atoms with E-state index in [1.54, 1.807) is 0 Å². The molecule has 10 heavy (non-hydrogen) atoms. The van der Waals surface area contributed by atoms with Crippen LogP contribution in [-0.2, 0) is 37.8 Å². The van der Waals surface area contributed by atoms with E-state index in [0.29, 0.717) is 0 Å². The molecule has 0 heterocycles. The minimum atomic E-state index is 0. The molecule has 0 rings (SSSR count). The average Bonchev–Trinajstić information content (AvgIpc) is 0. The number of halogens is 8. The standard InChI is InChI=1S/8ClH.Co.Mo/h8*1H;;/q;;;;;;;;+2;/p-8. The first-order chi connectivity index (χ1) is 0. The molecule has 0 nitrogen and oxygen atoms in total. The van der Waals surface area contributed by atoms with Gasteiger partial charge in [-0.15, -0.1) is 0 Å². The number of hydrogen-bond donors (Lipinski definition) is 0. The summed E-state index contributed by atoms with van der Waals surface area (Å²) in [5.74, 6) is 0. The molecule has 0 aromatic carbocycles. The minimum Gasteiger partial charge on any atom is -1.00 e. The molecular weight excluding hydrogens is 438 g/mol. The normalized spacial score (nSPS) is 0. The molecule has 0 saturated carbocycles. The van der Waals surface area contributed by atoms with Crippen molar-refractivity contribution in [2.24, 2.45) is 0 Å². The monoisotopic (exact) mass is 437 g/mol. The first-order valence-electron chi connectivity index (χ1n) is 0. The Hall–Kier alpha value is 3.51. The van der Waals surface area contributed by atoms with Gasteiger partial charge < -0.3 is 99.3 Å². The molecule has 0 fully saturated rings. The zero-order chi connectivity index (χ0) is 0. The maximum Gasteiger partial charge on any atom is 2.00 e. The maximum atomic E-state index is 0. The third kappa shape index (κ3) is 103. The third-order valence-electron chi connectivity index (χ3n) is 0. The van der Waals surface area contributed by atoms with Gasteiger partial charge in [-0.1, -0.05) is 0 Å². The van der Waals surface area contributed by atoms with Gasteiger partial charge in [-0.2, -0.15) is 0 Å². The molecule has 0 amide bonds. The molecule has 0 atom stereocenters. The van der Waals surface area contributed by atoms with Crippen molar-refractivity contribution in [2.45, 2.75) is 0 Å². The Labute approximate surface area is 135 Å². The third-order valence-corrected chi connectivity index (χ3v) is 0. The van der Waals surface area contributed by atoms with Crippen LogP contribution in [0.4, 0.5) is 0 Å². The number of hydrogen-bond acceptors (Lipinski definition) is 0. The maximum absolute atomic E-state index is 0. The quantitative estimate of drug-likeness (QED) is 0.330. The molecule has 0 aromatic rings. The fourth-order valence-corrected chi connectivity index (χ4v) is 0. The van der Waals surface area contributed by atoms with Crippen molar-refractivity contribution in [1.82, 2.24) is 0 Å². The summed E-state index contributed by atoms with van der Waals surface area (Å²) in [4.78, 5) is 0. The molecule has 0 aromatic heterocycles. The van der Waals surface area contributed by atoms with Gasteiger partial charge in [0.2, 0.25) is 0 Å². The summed E-state index contributed by atoms with van der Waals surface area (Å²) < 4.78 is 0. The van der Waals surface area contributed by atoms with Crippen LogP contribution >= 0.6 is 0 Å². The molecule has 0 saturated heterocycles. The van der Waals surface area contributed by atoms with E-state index in [9.17, 15) is 0 Å². The molecule has 0 N–H and O–H groups in total. The Kier molecular flexibility index (Phi) is 2300. The van der Waals surface area contributed by atoms with Crippen molar-refractivity contribution in [3.63, 3.8) is 0 Å². The van der Waals surface area contributed by atoms with E-state index in [1.165, 1.54) is 0 Å². The zero-order valence-electron chi connectivity index (χ0n) is 3.77. The van der Waals surface area contributed by atoms with E-state index >= 15 is 0 Å². The van der Waals surface area contributed by atoms with Crippen molar-refractivity contribution in [1.29, 1.82) is 0 Å². The van der Waals surface area contributed by atoms with Crippen molar-refractivity contribution < 1.29 is 137 Å². The van der Waals surface area contributed by atoms with Crippen LogP contribution in [0.2, 0.25) is 0 Å². The Morgan fingerprint density at radius 3 is 0.300 bits per heavy atom. The molecule has 0 aliphatic carbocycles. The first kappa shape index (κ1) is 171. The van der Waals surface area contributed by atoms with E-state index < -0.39 is 0 Å². The minimum absolute atomic E-state index is 0. The average molecular weight is 438 g/mol. The smallest absolute Gasteiger partial charge is 1.00 e. The fourth-order valence-electron chi connectivity index (χ4n) is 0. The van der Waals surface area contributed by atoms with Crippen LogP contribution in [0.3, 0.4) is 0 Å². The Balaban J connectivity index is 0. The van der Waals surface area contributed by atoms with Crippen LogP contribution in [0.15, 0.2) is 0 Å². The predicted octanol–water partition coefficient (Wildman–Crippen LogP) is -24.0. The van der Waals surface area contributed by atoms with Crippen LogP contribution in [0, 0.1) is 0 Å². The largest absolute Gasteiger partial charge is 2.00 e. The van der Waals surface area contributed by atoms with Crippen LogP contribution in [0.1, 0.15) is 0 Å². The molecular formula is Cl8CoMo-6. The summed E-state index contributed by atoms with van der Waals surface area (Å²) in [6.45, 7) is 0. The van der Waals surface area contributed by atoms with Crippen LogP contribution < -0.4 is 99.3 Å². The summed E-state index contributed by atoms with van der Waals surface area (Å²) in [6, 6.07) is 0. The van der Waals surface area contributed by atoms with Gasteiger partial charge in [-0.25, -0.2) is 0 Å². The summed E-state index contributed by atoms with van der Waals surface area (Å²) in [6.07, 6.45) is 0. The second-order valence-corrected chi connectivity index (χ2v) is 0. The van der Waals surface area contributed by atoms with Crippen molar-refractivity contribution >= 4 is 0 Å². The van der Waals surface area contributed by atoms with Crippen molar-refractivity contribution in [2.75, 3.05) is 0 Å². The summed E-state index contributed by atoms with van der Waals surface area (Å²) in [5, 5.41) is 0. The Bertz CT molecular complexity index is 9.22. The molecule has 1 radical (unpaired) electrons. The van der Waals surface area contributed by atoms with E-state index in [4.69, 9.17) is 0 Å². The second-order valence-electron chi connectivity index (χ2n) is 0. The molecule has 77 valence electrons. The van der Waals surface area contributed by atoms with Gasteiger partial charge in [0.25, 0.3) is 0 Å². The van der Waals surface area contributed by atoms with E-state index in [2.05, 4.69) is 0 Å². The van der Waals surface area contributed by atoms with Crippen LogP contribution in [0.25, 0.3) is 0 Å². The van der Waals surface area contributed by atoms with Gasteiger partial charge >= 0.3 is 16.8 Å². The molecule has 0 unspecified atom stereocenters. The summed E-state index contributed by atoms with van der Waals surface area (Å²) in [7, 11) is 0. The summed E-state index contributed by atoms with van der Waals surface area (Å²) in [5.41, 5.74) is 0. The second kappa shape index (κ2) is 134. The fraction of sp³-hybridized carbons (Fsp3) is 0. The zero-order valence-corrected chi connectivity index (χ0v) is 12.9. The topological polar surface area (TPSA) is 0 Å². The van der Waals surface area contributed by atoms with Crippen molar-refractivity contribution in [3.05, 3.63) is 0 Å². The summed E-state index contributed by atoms with van der Waals surface area (Å²) >= 11 is 0. The van der Waals surface area contributed by atoms with Gasteiger partial charge in [-0.3, -0.25) is 0 Å². The van der Waals surface area contributed by atoms with E-state index in [1.807, 2.05) is 0 Å². The van der Waals surface area contributed by atoms with Gasteiger partial charge in [0.1, 0.15) is 0 Å². The van der Waals surface area contributed by atoms with Gasteiger partial charge in [0.15, 0.2) is 0 Å². The van der Waals surface area contributed by atoms with Crippen molar-refractivity contribution in [3.8, 4) is 0 Å². The first-order valence-corrected chi connectivity index (χ1v) is 0. The molecule has 0 spiro atoms. The number of rotatable bonds is 0. The SMILES string of the molecule is [Cl-].[Cl-].[Cl-].[Cl-].[Cl-].[Cl-].[Cl-].[Cl-].[Co+2].[Mo]. The Morgan fingerprint density at radius 2 is 0.300 bits per heavy atom. The van der Waals surface area contributed by atoms with Gasteiger partial charge in [0, 0.05) is 21.1 Å². The molecule has 0 aliphatic rings. The Morgan fingerprint density at radius 1 is 0.300 bits per heavy atom. The van der Waals surface area contributed by atoms with Gasteiger partial charge in [-0.05, 0) is 0 Å². The predicted molar refractivity (Wildman–Crippen MR) is 0 cm³/mol. The molecule has 10 heteroatoms. The van der Waals surface area contributed by atoms with E-state index in [-0.39, 0.29) is 137 Å².